The maximum atomic E-state index is 7.31. The summed E-state index contributed by atoms with van der Waals surface area (Å²) in [5, 5.41) is 2.80. The molecule has 2 aliphatic rings. The van der Waals surface area contributed by atoms with Crippen LogP contribution in [0.4, 0.5) is 0 Å². The molecule has 8 heteroatoms. The van der Waals surface area contributed by atoms with Gasteiger partial charge < -0.3 is 23.5 Å². The van der Waals surface area contributed by atoms with E-state index in [1.807, 2.05) is 128 Å². The van der Waals surface area contributed by atoms with E-state index >= 15 is 0 Å². The summed E-state index contributed by atoms with van der Waals surface area (Å²) in [6.07, 6.45) is -0.985. The number of hydrogen-bond acceptors (Lipinski definition) is 6. The van der Waals surface area contributed by atoms with E-state index in [1.54, 1.807) is 0 Å². The van der Waals surface area contributed by atoms with Gasteiger partial charge in [0.2, 0.25) is 0 Å². The van der Waals surface area contributed by atoms with Crippen molar-refractivity contribution in [2.45, 2.75) is 43.5 Å². The van der Waals surface area contributed by atoms with E-state index in [-0.39, 0.29) is 0 Å². The third-order valence-electron chi connectivity index (χ3n) is 8.09. The van der Waals surface area contributed by atoms with Gasteiger partial charge in [-0.05, 0) is 23.3 Å². The number of aliphatic imine (C=N–C) groups is 1. The predicted molar refractivity (Wildman–Crippen MR) is 187 cm³/mol. The highest BCUT2D eigenvalue weighted by molar-refractivity contribution is 7.68. The first-order valence-electron chi connectivity index (χ1n) is 15.7. The fourth-order valence-corrected chi connectivity index (χ4v) is 7.90. The Balaban J connectivity index is 1.29. The Kier molecular flexibility index (Phi) is 10.5. The summed E-state index contributed by atoms with van der Waals surface area (Å²) in [6.45, 7) is 0.661. The lowest BCUT2D eigenvalue weighted by Gasteiger charge is -2.48. The number of halogens is 1. The molecule has 2 saturated heterocycles. The molecule has 6 nitrogen and oxygen atoms in total. The van der Waals surface area contributed by atoms with E-state index in [0.717, 1.165) is 27.3 Å². The lowest BCUT2D eigenvalue weighted by molar-refractivity contribution is -0.339. The van der Waals surface area contributed by atoms with Crippen molar-refractivity contribution in [1.82, 2.24) is 0 Å². The fraction of sp³-hybridized carbons (Fsp3) is 0.205. The predicted octanol–water partition coefficient (Wildman–Crippen LogP) is 7.62. The molecule has 0 aliphatic carbocycles. The summed E-state index contributed by atoms with van der Waals surface area (Å²) >= 11 is 6.34. The molecule has 0 N–H and O–H groups in total. The van der Waals surface area contributed by atoms with Crippen LogP contribution in [0.1, 0.15) is 23.0 Å². The summed E-state index contributed by atoms with van der Waals surface area (Å²) in [7, 11) is -1.27. The number of rotatable bonds is 10. The maximum Gasteiger partial charge on any atom is 0.184 e. The van der Waals surface area contributed by atoms with Crippen LogP contribution in [0.15, 0.2) is 151 Å². The van der Waals surface area contributed by atoms with Crippen LogP contribution >= 0.6 is 19.7 Å². The highest BCUT2D eigenvalue weighted by Crippen LogP contribution is 2.44. The number of fused-ring (bicyclic) bond motifs is 1. The van der Waals surface area contributed by atoms with Crippen LogP contribution in [-0.2, 0) is 30.1 Å². The molecule has 0 spiro atoms. The molecule has 7 rings (SSSR count). The van der Waals surface area contributed by atoms with Gasteiger partial charge in [-0.25, -0.2) is 0 Å². The Morgan fingerprint density at radius 2 is 1.38 bits per heavy atom. The summed E-state index contributed by atoms with van der Waals surface area (Å²) in [5.41, 5.74) is 2.83. The van der Waals surface area contributed by atoms with Crippen molar-refractivity contribution in [1.29, 1.82) is 0 Å². The highest BCUT2D eigenvalue weighted by Gasteiger charge is 2.52. The van der Waals surface area contributed by atoms with E-state index in [4.69, 9.17) is 40.1 Å². The van der Waals surface area contributed by atoms with Gasteiger partial charge in [-0.1, -0.05) is 145 Å². The number of ether oxygens (including phenoxy) is 4. The molecule has 1 unspecified atom stereocenters. The minimum absolute atomic E-state index is 0.314. The van der Waals surface area contributed by atoms with Crippen LogP contribution in [0.2, 0.25) is 5.02 Å². The largest absolute Gasteiger partial charge is 0.346 e. The van der Waals surface area contributed by atoms with Gasteiger partial charge in [0.25, 0.3) is 0 Å². The van der Waals surface area contributed by atoms with E-state index in [9.17, 15) is 0 Å². The van der Waals surface area contributed by atoms with Crippen molar-refractivity contribution in [3.8, 4) is 0 Å². The molecule has 47 heavy (non-hydrogen) atoms. The molecule has 5 aromatic rings. The summed E-state index contributed by atoms with van der Waals surface area (Å²) in [6, 6.07) is 47.7. The molecule has 0 amide bonds. The Labute approximate surface area is 281 Å². The number of nitrogens with zero attached hydrogens (tertiary/aromatic N) is 1. The van der Waals surface area contributed by atoms with Gasteiger partial charge in [0.1, 0.15) is 24.4 Å². The summed E-state index contributed by atoms with van der Waals surface area (Å²) < 4.78 is 33.5. The van der Waals surface area contributed by atoms with Gasteiger partial charge >= 0.3 is 0 Å². The molecule has 2 heterocycles. The lowest BCUT2D eigenvalue weighted by Crippen LogP contribution is -2.62. The zero-order valence-corrected chi connectivity index (χ0v) is 27.3. The molecule has 6 atom stereocenters. The van der Waals surface area contributed by atoms with Crippen molar-refractivity contribution >= 4 is 36.6 Å². The molecule has 0 aromatic heterocycles. The fourth-order valence-electron chi connectivity index (χ4n) is 5.79. The van der Waals surface area contributed by atoms with Crippen LogP contribution in [0, 0.1) is 0 Å². The second kappa shape index (κ2) is 15.5. The first-order chi connectivity index (χ1) is 23.2. The minimum Gasteiger partial charge on any atom is -0.346 e. The number of hydrogen-bond donors (Lipinski definition) is 0. The second-order valence-corrected chi connectivity index (χ2v) is 13.6. The van der Waals surface area contributed by atoms with Crippen molar-refractivity contribution in [3.05, 3.63) is 167 Å². The zero-order chi connectivity index (χ0) is 31.8. The average Bonchev–Trinajstić information content (AvgIpc) is 3.13. The molecular weight excluding hydrogens is 629 g/mol. The van der Waals surface area contributed by atoms with Crippen LogP contribution in [-0.4, -0.2) is 43.5 Å². The van der Waals surface area contributed by atoms with Gasteiger partial charge in [0.15, 0.2) is 12.6 Å². The van der Waals surface area contributed by atoms with Crippen molar-refractivity contribution in [2.24, 2.45) is 4.99 Å². The van der Waals surface area contributed by atoms with Crippen LogP contribution < -0.4 is 10.6 Å². The van der Waals surface area contributed by atoms with E-state index in [2.05, 4.69) is 24.3 Å². The summed E-state index contributed by atoms with van der Waals surface area (Å²) in [4.78, 5) is 5.13. The summed E-state index contributed by atoms with van der Waals surface area (Å²) in [5.74, 6) is 0. The Hall–Kier alpha value is -3.71. The lowest BCUT2D eigenvalue weighted by atomic mass is 9.96. The first kappa shape index (κ1) is 31.9. The standard InChI is InChI=1S/C39H35ClNO5P/c40-31-19-13-16-29(24-31)25-41-35-37(46-47(32-20-9-3-10-21-32)33-22-11-4-12-23-33)36-34(27-43-38(45-36)30-17-7-2-8-18-30)44-39(35)42-26-28-14-5-1-6-15-28/h1-25,34-39H,26-27H2/t34-,35-,36-,37-,38?,39+/m1/s1. The average molecular weight is 664 g/mol. The van der Waals surface area contributed by atoms with Gasteiger partial charge in [-0.2, -0.15) is 0 Å². The maximum absolute atomic E-state index is 7.31. The van der Waals surface area contributed by atoms with Crippen LogP contribution in [0.3, 0.4) is 0 Å². The Morgan fingerprint density at radius 1 is 0.745 bits per heavy atom. The smallest absolute Gasteiger partial charge is 0.184 e. The molecule has 2 aliphatic heterocycles. The molecule has 238 valence electrons. The second-order valence-electron chi connectivity index (χ2n) is 11.4. The van der Waals surface area contributed by atoms with Crippen LogP contribution in [0.5, 0.6) is 0 Å². The highest BCUT2D eigenvalue weighted by atomic mass is 35.5. The first-order valence-corrected chi connectivity index (χ1v) is 17.3. The molecule has 5 aromatic carbocycles. The Bertz CT molecular complexity index is 1690. The third-order valence-corrected chi connectivity index (χ3v) is 10.3. The molecular formula is C39H35ClNO5P. The van der Waals surface area contributed by atoms with Gasteiger partial charge in [0.05, 0.1) is 21.4 Å². The van der Waals surface area contributed by atoms with E-state index < -0.39 is 45.1 Å². The van der Waals surface area contributed by atoms with Gasteiger partial charge in [0, 0.05) is 27.4 Å². The van der Waals surface area contributed by atoms with Gasteiger partial charge in [-0.3, -0.25) is 4.99 Å². The third kappa shape index (κ3) is 7.89. The van der Waals surface area contributed by atoms with Crippen LogP contribution in [0.25, 0.3) is 0 Å². The molecule has 0 saturated carbocycles. The molecule has 0 bridgehead atoms. The molecule has 0 radical (unpaired) electrons. The zero-order valence-electron chi connectivity index (χ0n) is 25.6. The van der Waals surface area contributed by atoms with E-state index in [1.165, 1.54) is 0 Å². The van der Waals surface area contributed by atoms with E-state index in [0.29, 0.717) is 18.2 Å². The van der Waals surface area contributed by atoms with Crippen molar-refractivity contribution < 1.29 is 23.5 Å². The molecule has 2 fully saturated rings. The monoisotopic (exact) mass is 663 g/mol. The van der Waals surface area contributed by atoms with Gasteiger partial charge in [-0.15, -0.1) is 0 Å². The topological polar surface area (TPSA) is 58.5 Å². The Morgan fingerprint density at radius 3 is 2.04 bits per heavy atom. The normalized spacial score (nSPS) is 24.3. The van der Waals surface area contributed by atoms with Crippen molar-refractivity contribution in [2.75, 3.05) is 6.61 Å². The van der Waals surface area contributed by atoms with Crippen molar-refractivity contribution in [3.63, 3.8) is 0 Å². The quantitative estimate of drug-likeness (QED) is 0.114. The SMILES string of the molecule is Clc1cccc(C=N[C@H]2[C@@H](OCc3ccccc3)O[C@@H]3COC(c4ccccc4)O[C@H]3[C@@H]2OP(c2ccccc2)c2ccccc2)c1. The minimum atomic E-state index is -1.27. The number of benzene rings is 5.